The third-order valence-electron chi connectivity index (χ3n) is 3.55. The smallest absolute Gasteiger partial charge is 0.240 e. The van der Waals surface area contributed by atoms with E-state index in [-0.39, 0.29) is 29.3 Å². The molecule has 1 amide bonds. The van der Waals surface area contributed by atoms with E-state index >= 15 is 0 Å². The highest BCUT2D eigenvalue weighted by molar-refractivity contribution is 7.89. The zero-order valence-electron chi connectivity index (χ0n) is 11.9. The van der Waals surface area contributed by atoms with Crippen LogP contribution in [0.15, 0.2) is 29.2 Å². The highest BCUT2D eigenvalue weighted by atomic mass is 35.5. The van der Waals surface area contributed by atoms with E-state index in [9.17, 15) is 13.2 Å². The van der Waals surface area contributed by atoms with Crippen molar-refractivity contribution in [2.45, 2.75) is 36.2 Å². The molecule has 4 N–H and O–H groups in total. The summed E-state index contributed by atoms with van der Waals surface area (Å²) in [6, 6.07) is 6.18. The molecule has 0 bridgehead atoms. The molecule has 1 aliphatic rings. The molecule has 1 saturated carbocycles. The zero-order valence-corrected chi connectivity index (χ0v) is 13.6. The van der Waals surface area contributed by atoms with Crippen LogP contribution in [0.3, 0.4) is 0 Å². The van der Waals surface area contributed by atoms with Crippen LogP contribution < -0.4 is 15.8 Å². The highest BCUT2D eigenvalue weighted by Crippen LogP contribution is 2.32. The molecule has 21 heavy (non-hydrogen) atoms. The fourth-order valence-corrected chi connectivity index (χ4v) is 2.57. The van der Waals surface area contributed by atoms with Crippen LogP contribution in [0.25, 0.3) is 0 Å². The molecule has 1 aromatic rings. The van der Waals surface area contributed by atoms with Crippen LogP contribution in [0.2, 0.25) is 0 Å². The number of benzene rings is 1. The predicted octanol–water partition coefficient (Wildman–Crippen LogP) is 0.685. The average molecular weight is 334 g/mol. The third-order valence-corrected chi connectivity index (χ3v) is 4.98. The van der Waals surface area contributed by atoms with Crippen LogP contribution in [0.1, 0.15) is 31.4 Å². The maximum atomic E-state index is 11.8. The van der Waals surface area contributed by atoms with E-state index in [1.54, 1.807) is 12.1 Å². The molecular weight excluding hydrogens is 314 g/mol. The molecule has 0 aliphatic heterocycles. The van der Waals surface area contributed by atoms with Gasteiger partial charge in [-0.15, -0.1) is 12.4 Å². The van der Waals surface area contributed by atoms with E-state index < -0.39 is 15.6 Å². The number of carbonyl (C=O) groups is 1. The van der Waals surface area contributed by atoms with Gasteiger partial charge in [0.25, 0.3) is 0 Å². The van der Waals surface area contributed by atoms with Gasteiger partial charge in [0.15, 0.2) is 0 Å². The summed E-state index contributed by atoms with van der Waals surface area (Å²) in [5.41, 5.74) is 5.94. The third kappa shape index (κ3) is 3.94. The molecule has 0 saturated heterocycles. The minimum absolute atomic E-state index is 0. The Morgan fingerprint density at radius 1 is 1.29 bits per heavy atom. The van der Waals surface area contributed by atoms with Crippen molar-refractivity contribution in [2.24, 2.45) is 5.73 Å². The van der Waals surface area contributed by atoms with E-state index in [4.69, 9.17) is 5.73 Å². The lowest BCUT2D eigenvalue weighted by Crippen LogP contribution is -2.43. The first kappa shape index (κ1) is 17.9. The van der Waals surface area contributed by atoms with Gasteiger partial charge in [-0.25, -0.2) is 13.1 Å². The van der Waals surface area contributed by atoms with Gasteiger partial charge in [-0.2, -0.15) is 0 Å². The molecule has 1 atom stereocenters. The summed E-state index contributed by atoms with van der Waals surface area (Å²) in [4.78, 5) is 12.0. The molecule has 6 nitrogen and oxygen atoms in total. The van der Waals surface area contributed by atoms with Crippen molar-refractivity contribution in [3.8, 4) is 0 Å². The lowest BCUT2D eigenvalue weighted by Gasteiger charge is -2.17. The van der Waals surface area contributed by atoms with Crippen molar-refractivity contribution < 1.29 is 13.2 Å². The molecule has 2 rings (SSSR count). The fraction of sp³-hybridized carbons (Fsp3) is 0.462. The number of amides is 1. The Morgan fingerprint density at radius 3 is 2.24 bits per heavy atom. The maximum absolute atomic E-state index is 11.8. The normalized spacial score (nSPS) is 17.5. The van der Waals surface area contributed by atoms with Gasteiger partial charge in [-0.05, 0) is 44.5 Å². The summed E-state index contributed by atoms with van der Waals surface area (Å²) >= 11 is 0. The lowest BCUT2D eigenvalue weighted by atomic mass is 10.1. The van der Waals surface area contributed by atoms with E-state index in [1.807, 2.05) is 6.92 Å². The van der Waals surface area contributed by atoms with Crippen molar-refractivity contribution in [1.82, 2.24) is 10.0 Å². The Morgan fingerprint density at radius 2 is 1.81 bits per heavy atom. The first-order valence-electron chi connectivity index (χ1n) is 6.42. The molecule has 1 aromatic carbocycles. The summed E-state index contributed by atoms with van der Waals surface area (Å²) in [6.07, 6.45) is 1.43. The topological polar surface area (TPSA) is 101 Å². The number of halogens is 1. The van der Waals surface area contributed by atoms with E-state index in [0.717, 1.165) is 5.56 Å². The van der Waals surface area contributed by atoms with E-state index in [1.165, 1.54) is 19.2 Å². The summed E-state index contributed by atoms with van der Waals surface area (Å²) in [5, 5.41) is 2.84. The molecular formula is C13H20ClN3O3S. The first-order chi connectivity index (χ1) is 9.28. The molecule has 0 spiro atoms. The number of nitrogens with one attached hydrogen (secondary N) is 2. The van der Waals surface area contributed by atoms with Gasteiger partial charge in [0.05, 0.1) is 16.5 Å². The second kappa shape index (κ2) is 6.31. The standard InChI is InChI=1S/C13H19N3O3S.ClH/c1-9(16-12(17)13(14)7-8-13)10-3-5-11(6-4-10)20(18,19)15-2;/h3-6,9,15H,7-8,14H2,1-2H3,(H,16,17);1H. The number of sulfonamides is 1. The SMILES string of the molecule is CNS(=O)(=O)c1ccc(C(C)NC(=O)C2(N)CC2)cc1.Cl. The Bertz CT molecular complexity index is 612. The van der Waals surface area contributed by atoms with Gasteiger partial charge < -0.3 is 11.1 Å². The predicted molar refractivity (Wildman–Crippen MR) is 82.6 cm³/mol. The maximum Gasteiger partial charge on any atom is 0.240 e. The van der Waals surface area contributed by atoms with Gasteiger partial charge in [0.1, 0.15) is 0 Å². The van der Waals surface area contributed by atoms with Gasteiger partial charge in [0, 0.05) is 0 Å². The van der Waals surface area contributed by atoms with Gasteiger partial charge in [0.2, 0.25) is 15.9 Å². The molecule has 0 radical (unpaired) electrons. The molecule has 0 heterocycles. The highest BCUT2D eigenvalue weighted by Gasteiger charge is 2.46. The average Bonchev–Trinajstić information content (AvgIpc) is 3.18. The Labute approximate surface area is 130 Å². The van der Waals surface area contributed by atoms with Crippen LogP contribution >= 0.6 is 12.4 Å². The number of carbonyl (C=O) groups excluding carboxylic acids is 1. The van der Waals surface area contributed by atoms with Gasteiger partial charge in [-0.1, -0.05) is 12.1 Å². The Kier molecular flexibility index (Phi) is 5.38. The van der Waals surface area contributed by atoms with E-state index in [2.05, 4.69) is 10.0 Å². The van der Waals surface area contributed by atoms with Crippen LogP contribution in [-0.4, -0.2) is 26.9 Å². The second-order valence-electron chi connectivity index (χ2n) is 5.13. The molecule has 1 unspecified atom stereocenters. The minimum Gasteiger partial charge on any atom is -0.348 e. The molecule has 1 aliphatic carbocycles. The minimum atomic E-state index is -3.43. The van der Waals surface area contributed by atoms with Gasteiger partial charge >= 0.3 is 0 Å². The van der Waals surface area contributed by atoms with Crippen molar-refractivity contribution in [1.29, 1.82) is 0 Å². The summed E-state index contributed by atoms with van der Waals surface area (Å²) in [7, 11) is -2.07. The van der Waals surface area contributed by atoms with Crippen molar-refractivity contribution >= 4 is 28.3 Å². The molecule has 1 fully saturated rings. The lowest BCUT2D eigenvalue weighted by molar-refractivity contribution is -0.123. The first-order valence-corrected chi connectivity index (χ1v) is 7.90. The summed E-state index contributed by atoms with van der Waals surface area (Å²) in [5.74, 6) is -0.156. The second-order valence-corrected chi connectivity index (χ2v) is 7.01. The molecule has 0 aromatic heterocycles. The van der Waals surface area contributed by atoms with Crippen LogP contribution in [-0.2, 0) is 14.8 Å². The number of hydrogen-bond donors (Lipinski definition) is 3. The van der Waals surface area contributed by atoms with Gasteiger partial charge in [-0.3, -0.25) is 4.79 Å². The van der Waals surface area contributed by atoms with Crippen molar-refractivity contribution in [3.63, 3.8) is 0 Å². The summed E-state index contributed by atoms with van der Waals surface area (Å²) < 4.78 is 25.5. The Balaban J connectivity index is 0.00000220. The van der Waals surface area contributed by atoms with Crippen LogP contribution in [0, 0.1) is 0 Å². The molecule has 118 valence electrons. The van der Waals surface area contributed by atoms with Crippen molar-refractivity contribution in [2.75, 3.05) is 7.05 Å². The number of hydrogen-bond acceptors (Lipinski definition) is 4. The quantitative estimate of drug-likeness (QED) is 0.737. The Hall–Kier alpha value is -1.15. The summed E-state index contributed by atoms with van der Waals surface area (Å²) in [6.45, 7) is 1.84. The zero-order chi connectivity index (χ0) is 15.0. The number of rotatable bonds is 5. The monoisotopic (exact) mass is 333 g/mol. The molecule has 8 heteroatoms. The number of nitrogens with two attached hydrogens (primary N) is 1. The van der Waals surface area contributed by atoms with Crippen molar-refractivity contribution in [3.05, 3.63) is 29.8 Å². The van der Waals surface area contributed by atoms with Crippen LogP contribution in [0.5, 0.6) is 0 Å². The van der Waals surface area contributed by atoms with E-state index in [0.29, 0.717) is 12.8 Å². The fourth-order valence-electron chi connectivity index (χ4n) is 1.84. The largest absolute Gasteiger partial charge is 0.348 e. The van der Waals surface area contributed by atoms with Crippen LogP contribution in [0.4, 0.5) is 0 Å².